The maximum Gasteiger partial charge on any atom is 0.267 e. The first-order valence-corrected chi connectivity index (χ1v) is 7.40. The molecule has 106 valence electrons. The molecule has 1 fully saturated rings. The summed E-state index contributed by atoms with van der Waals surface area (Å²) in [5.41, 5.74) is 0.828. The summed E-state index contributed by atoms with van der Waals surface area (Å²) in [6.45, 7) is 4.69. The minimum atomic E-state index is 0.0443. The van der Waals surface area contributed by atoms with Gasteiger partial charge in [0, 0.05) is 19.6 Å². The fourth-order valence-electron chi connectivity index (χ4n) is 2.17. The summed E-state index contributed by atoms with van der Waals surface area (Å²) in [6.07, 6.45) is 1.84. The maximum atomic E-state index is 12.5. The summed E-state index contributed by atoms with van der Waals surface area (Å²) in [5, 5.41) is 7.13. The highest BCUT2D eigenvalue weighted by atomic mass is 32.1. The number of aryl methyl sites for hydroxylation is 1. The SMILES string of the molecule is CCCc1nnsc1C(=O)N1CCOC(CNC)C1. The molecular formula is C12H20N4O2S. The molecule has 1 atom stereocenters. The van der Waals surface area contributed by atoms with Crippen molar-refractivity contribution in [2.24, 2.45) is 0 Å². The Bertz CT molecular complexity index is 422. The Kier molecular flexibility index (Phi) is 5.24. The highest BCUT2D eigenvalue weighted by molar-refractivity contribution is 7.08. The summed E-state index contributed by atoms with van der Waals surface area (Å²) < 4.78 is 9.52. The lowest BCUT2D eigenvalue weighted by atomic mass is 10.2. The number of likely N-dealkylation sites (N-methyl/N-ethyl adjacent to an activating group) is 1. The molecule has 0 aliphatic carbocycles. The van der Waals surface area contributed by atoms with E-state index in [0.29, 0.717) is 24.6 Å². The first-order valence-electron chi connectivity index (χ1n) is 6.63. The zero-order valence-corrected chi connectivity index (χ0v) is 12.2. The van der Waals surface area contributed by atoms with E-state index in [1.807, 2.05) is 11.9 Å². The van der Waals surface area contributed by atoms with Crippen LogP contribution >= 0.6 is 11.5 Å². The van der Waals surface area contributed by atoms with Crippen molar-refractivity contribution in [2.45, 2.75) is 25.9 Å². The van der Waals surface area contributed by atoms with Crippen LogP contribution in [-0.2, 0) is 11.2 Å². The van der Waals surface area contributed by atoms with Gasteiger partial charge in [-0.25, -0.2) is 0 Å². The van der Waals surface area contributed by atoms with E-state index in [1.165, 1.54) is 11.5 Å². The van der Waals surface area contributed by atoms with E-state index in [2.05, 4.69) is 21.8 Å². The average Bonchev–Trinajstić information content (AvgIpc) is 2.87. The molecule has 0 bridgehead atoms. The smallest absolute Gasteiger partial charge is 0.267 e. The third kappa shape index (κ3) is 3.49. The number of carbonyl (C=O) groups excluding carboxylic acids is 1. The number of amides is 1. The van der Waals surface area contributed by atoms with Gasteiger partial charge in [-0.3, -0.25) is 4.79 Å². The molecule has 1 aromatic heterocycles. The minimum absolute atomic E-state index is 0.0443. The minimum Gasteiger partial charge on any atom is -0.373 e. The number of nitrogens with zero attached hydrogens (tertiary/aromatic N) is 3. The Balaban J connectivity index is 2.04. The van der Waals surface area contributed by atoms with Gasteiger partial charge in [0.2, 0.25) is 0 Å². The van der Waals surface area contributed by atoms with Gasteiger partial charge in [-0.2, -0.15) is 0 Å². The van der Waals surface area contributed by atoms with E-state index in [1.54, 1.807) is 0 Å². The highest BCUT2D eigenvalue weighted by Crippen LogP contribution is 2.17. The molecular weight excluding hydrogens is 264 g/mol. The summed E-state index contributed by atoms with van der Waals surface area (Å²) in [5.74, 6) is 0.0443. The van der Waals surface area contributed by atoms with E-state index < -0.39 is 0 Å². The largest absolute Gasteiger partial charge is 0.373 e. The van der Waals surface area contributed by atoms with E-state index in [9.17, 15) is 4.79 Å². The third-order valence-electron chi connectivity index (χ3n) is 3.09. The van der Waals surface area contributed by atoms with Gasteiger partial charge in [-0.05, 0) is 25.0 Å². The molecule has 0 aromatic carbocycles. The number of hydrogen-bond acceptors (Lipinski definition) is 6. The first-order chi connectivity index (χ1) is 9.26. The summed E-state index contributed by atoms with van der Waals surface area (Å²) in [4.78, 5) is 15.0. The summed E-state index contributed by atoms with van der Waals surface area (Å²) in [6, 6.07) is 0. The van der Waals surface area contributed by atoms with Gasteiger partial charge in [0.15, 0.2) is 0 Å². The topological polar surface area (TPSA) is 67.4 Å². The second-order valence-electron chi connectivity index (χ2n) is 4.60. The van der Waals surface area contributed by atoms with Crippen molar-refractivity contribution in [1.29, 1.82) is 0 Å². The van der Waals surface area contributed by atoms with E-state index >= 15 is 0 Å². The van der Waals surface area contributed by atoms with Crippen molar-refractivity contribution < 1.29 is 9.53 Å². The first kappa shape index (κ1) is 14.4. The molecule has 0 spiro atoms. The second kappa shape index (κ2) is 6.93. The zero-order chi connectivity index (χ0) is 13.7. The standard InChI is InChI=1S/C12H20N4O2S/c1-3-4-10-11(19-15-14-10)12(17)16-5-6-18-9(8-16)7-13-2/h9,13H,3-8H2,1-2H3. The van der Waals surface area contributed by atoms with Crippen LogP contribution in [0.15, 0.2) is 0 Å². The van der Waals surface area contributed by atoms with Gasteiger partial charge >= 0.3 is 0 Å². The van der Waals surface area contributed by atoms with Crippen molar-refractivity contribution in [2.75, 3.05) is 33.3 Å². The van der Waals surface area contributed by atoms with Crippen molar-refractivity contribution in [3.63, 3.8) is 0 Å². The molecule has 1 aromatic rings. The number of aromatic nitrogens is 2. The number of nitrogens with one attached hydrogen (secondary N) is 1. The molecule has 1 N–H and O–H groups in total. The van der Waals surface area contributed by atoms with Crippen LogP contribution in [0.5, 0.6) is 0 Å². The lowest BCUT2D eigenvalue weighted by Gasteiger charge is -2.32. The monoisotopic (exact) mass is 284 g/mol. The van der Waals surface area contributed by atoms with Crippen molar-refractivity contribution >= 4 is 17.4 Å². The molecule has 1 aliphatic rings. The van der Waals surface area contributed by atoms with E-state index in [0.717, 1.165) is 25.1 Å². The van der Waals surface area contributed by atoms with Crippen LogP contribution in [0.3, 0.4) is 0 Å². The summed E-state index contributed by atoms with van der Waals surface area (Å²) in [7, 11) is 1.89. The fourth-order valence-corrected chi connectivity index (χ4v) is 2.85. The quantitative estimate of drug-likeness (QED) is 0.855. The van der Waals surface area contributed by atoms with Crippen LogP contribution in [0, 0.1) is 0 Å². The molecule has 0 saturated carbocycles. The lowest BCUT2D eigenvalue weighted by molar-refractivity contribution is -0.0194. The number of rotatable bonds is 5. The van der Waals surface area contributed by atoms with Crippen LogP contribution in [0.1, 0.15) is 28.7 Å². The maximum absolute atomic E-state index is 12.5. The molecule has 19 heavy (non-hydrogen) atoms. The number of ether oxygens (including phenoxy) is 1. The van der Waals surface area contributed by atoms with Crippen LogP contribution < -0.4 is 5.32 Å². The van der Waals surface area contributed by atoms with Crippen LogP contribution in [0.4, 0.5) is 0 Å². The molecule has 2 rings (SSSR count). The molecule has 2 heterocycles. The predicted octanol–water partition coefficient (Wildman–Crippen LogP) is 0.551. The number of morpholine rings is 1. The van der Waals surface area contributed by atoms with Crippen LogP contribution in [0.25, 0.3) is 0 Å². The third-order valence-corrected chi connectivity index (χ3v) is 3.85. The second-order valence-corrected chi connectivity index (χ2v) is 5.35. The normalized spacial score (nSPS) is 19.7. The predicted molar refractivity (Wildman–Crippen MR) is 73.5 cm³/mol. The Labute approximate surface area is 117 Å². The molecule has 7 heteroatoms. The van der Waals surface area contributed by atoms with Gasteiger partial charge in [-0.1, -0.05) is 17.8 Å². The number of hydrogen-bond donors (Lipinski definition) is 1. The summed E-state index contributed by atoms with van der Waals surface area (Å²) >= 11 is 1.20. The van der Waals surface area contributed by atoms with Crippen LogP contribution in [0.2, 0.25) is 0 Å². The van der Waals surface area contributed by atoms with E-state index in [4.69, 9.17) is 4.74 Å². The molecule has 1 amide bonds. The Hall–Kier alpha value is -1.05. The van der Waals surface area contributed by atoms with Gasteiger partial charge in [0.05, 0.1) is 18.4 Å². The molecule has 1 unspecified atom stereocenters. The Morgan fingerprint density at radius 2 is 2.47 bits per heavy atom. The zero-order valence-electron chi connectivity index (χ0n) is 11.4. The van der Waals surface area contributed by atoms with Crippen molar-refractivity contribution in [1.82, 2.24) is 19.8 Å². The van der Waals surface area contributed by atoms with Crippen molar-refractivity contribution in [3.8, 4) is 0 Å². The van der Waals surface area contributed by atoms with Gasteiger partial charge in [0.25, 0.3) is 5.91 Å². The van der Waals surface area contributed by atoms with Crippen molar-refractivity contribution in [3.05, 3.63) is 10.6 Å². The van der Waals surface area contributed by atoms with Gasteiger partial charge in [0.1, 0.15) is 4.88 Å². The Morgan fingerprint density at radius 1 is 1.63 bits per heavy atom. The molecule has 6 nitrogen and oxygen atoms in total. The van der Waals surface area contributed by atoms with E-state index in [-0.39, 0.29) is 12.0 Å². The number of carbonyl (C=O) groups is 1. The van der Waals surface area contributed by atoms with Gasteiger partial charge in [-0.15, -0.1) is 5.10 Å². The Morgan fingerprint density at radius 3 is 3.21 bits per heavy atom. The highest BCUT2D eigenvalue weighted by Gasteiger charge is 2.27. The fraction of sp³-hybridized carbons (Fsp3) is 0.750. The van der Waals surface area contributed by atoms with Gasteiger partial charge < -0.3 is 15.0 Å². The van der Waals surface area contributed by atoms with Crippen LogP contribution in [-0.4, -0.2) is 59.8 Å². The molecule has 0 radical (unpaired) electrons. The lowest BCUT2D eigenvalue weighted by Crippen LogP contribution is -2.48. The molecule has 1 saturated heterocycles. The average molecular weight is 284 g/mol. The molecule has 1 aliphatic heterocycles.